The number of rotatable bonds is 4. The van der Waals surface area contributed by atoms with Crippen LogP contribution in [0.5, 0.6) is 0 Å². The molecule has 0 spiro atoms. The zero-order valence-electron chi connectivity index (χ0n) is 6.21. The minimum Gasteiger partial charge on any atom is -0.303 e. The first-order chi connectivity index (χ1) is 4.72. The molecule has 0 saturated carbocycles. The average molecular weight is 136 g/mol. The molecule has 10 heavy (non-hydrogen) atoms. The molecule has 1 heteroatoms. The maximum absolute atomic E-state index is 10.2. The summed E-state index contributed by atoms with van der Waals surface area (Å²) in [5, 5.41) is 0. The summed E-state index contributed by atoms with van der Waals surface area (Å²) >= 11 is 0. The highest BCUT2D eigenvalue weighted by atomic mass is 16.1. The molecule has 0 amide bonds. The minimum absolute atomic E-state index is 0.0869. The van der Waals surface area contributed by atoms with E-state index < -0.39 is 0 Å². The third-order valence-corrected chi connectivity index (χ3v) is 1.24. The summed E-state index contributed by atoms with van der Waals surface area (Å²) in [6, 6.07) is 0. The van der Waals surface area contributed by atoms with Crippen LogP contribution in [-0.2, 0) is 4.79 Å². The topological polar surface area (TPSA) is 17.1 Å². The number of carbonyl (C=O) groups is 1. The fourth-order valence-corrected chi connectivity index (χ4v) is 0.431. The maximum atomic E-state index is 10.2. The van der Waals surface area contributed by atoms with Gasteiger partial charge in [0, 0.05) is 5.92 Å². The highest BCUT2D eigenvalue weighted by molar-refractivity contribution is 5.59. The molecule has 0 aromatic rings. The molecule has 0 aliphatic carbocycles. The minimum atomic E-state index is -0.0869. The van der Waals surface area contributed by atoms with Crippen LogP contribution in [0.25, 0.3) is 0 Å². The van der Waals surface area contributed by atoms with Gasteiger partial charge in [0.2, 0.25) is 0 Å². The Morgan fingerprint density at radius 1 is 1.60 bits per heavy atom. The first-order valence-electron chi connectivity index (χ1n) is 3.15. The lowest BCUT2D eigenvalue weighted by Crippen LogP contribution is -1.95. The Morgan fingerprint density at radius 3 is 2.60 bits per heavy atom. The van der Waals surface area contributed by atoms with Crippen molar-refractivity contribution in [1.82, 2.24) is 0 Å². The van der Waals surface area contributed by atoms with Gasteiger partial charge in [0.15, 0.2) is 0 Å². The molecule has 0 heterocycles. The number of hydrogen-bond acceptors (Lipinski definition) is 1. The summed E-state index contributed by atoms with van der Waals surface area (Å²) in [6.07, 6.45) is 6.08. The van der Waals surface area contributed by atoms with E-state index in [2.05, 4.69) is 13.2 Å². The van der Waals surface area contributed by atoms with Crippen molar-refractivity contribution in [3.8, 4) is 0 Å². The molecule has 0 radical (unpaired) electrons. The molecule has 0 fully saturated rings. The number of allylic oxidation sites excluding steroid dienone is 4. The van der Waals surface area contributed by atoms with Gasteiger partial charge in [-0.1, -0.05) is 38.3 Å². The second-order valence-electron chi connectivity index (χ2n) is 2.09. The summed E-state index contributed by atoms with van der Waals surface area (Å²) in [5.74, 6) is -0.0869. The van der Waals surface area contributed by atoms with E-state index in [1.165, 1.54) is 0 Å². The third-order valence-electron chi connectivity index (χ3n) is 1.24. The molecular weight excluding hydrogens is 124 g/mol. The zero-order valence-corrected chi connectivity index (χ0v) is 6.21. The molecule has 1 unspecified atom stereocenters. The van der Waals surface area contributed by atoms with Crippen molar-refractivity contribution in [2.24, 2.45) is 5.92 Å². The smallest absolute Gasteiger partial charge is 0.127 e. The Labute approximate surface area is 61.8 Å². The van der Waals surface area contributed by atoms with Gasteiger partial charge in [-0.15, -0.1) is 0 Å². The van der Waals surface area contributed by atoms with Gasteiger partial charge in [0.05, 0.1) is 0 Å². The van der Waals surface area contributed by atoms with Crippen molar-refractivity contribution in [2.45, 2.75) is 6.92 Å². The van der Waals surface area contributed by atoms with Crippen LogP contribution in [0.4, 0.5) is 0 Å². The fraction of sp³-hybridized carbons (Fsp3) is 0.222. The lowest BCUT2D eigenvalue weighted by atomic mass is 10.0. The van der Waals surface area contributed by atoms with Crippen molar-refractivity contribution in [1.29, 1.82) is 0 Å². The normalized spacial score (nSPS) is 12.9. The van der Waals surface area contributed by atoms with Crippen LogP contribution >= 0.6 is 0 Å². The van der Waals surface area contributed by atoms with Crippen molar-refractivity contribution in [2.75, 3.05) is 0 Å². The van der Waals surface area contributed by atoms with E-state index in [1.807, 2.05) is 6.92 Å². The van der Waals surface area contributed by atoms with Gasteiger partial charge in [-0.3, -0.25) is 0 Å². The van der Waals surface area contributed by atoms with Gasteiger partial charge in [0.25, 0.3) is 0 Å². The molecule has 54 valence electrons. The standard InChI is InChI=1S/C9H12O/c1-4-5-6-8(2)9(3)7-10/h4-7,9H,1-2H2,3H3/b6-5-. The third kappa shape index (κ3) is 3.02. The van der Waals surface area contributed by atoms with Crippen LogP contribution in [0, 0.1) is 5.92 Å². The monoisotopic (exact) mass is 136 g/mol. The summed E-state index contributed by atoms with van der Waals surface area (Å²) in [4.78, 5) is 10.2. The van der Waals surface area contributed by atoms with Gasteiger partial charge in [-0.2, -0.15) is 0 Å². The maximum Gasteiger partial charge on any atom is 0.127 e. The Balaban J connectivity index is 3.95. The van der Waals surface area contributed by atoms with Gasteiger partial charge >= 0.3 is 0 Å². The molecular formula is C9H12O. The Hall–Kier alpha value is -1.11. The van der Waals surface area contributed by atoms with E-state index in [-0.39, 0.29) is 5.92 Å². The molecule has 0 saturated heterocycles. The van der Waals surface area contributed by atoms with E-state index in [0.29, 0.717) is 0 Å². The summed E-state index contributed by atoms with van der Waals surface area (Å²) in [5.41, 5.74) is 0.815. The number of carbonyl (C=O) groups excluding carboxylic acids is 1. The molecule has 0 aliphatic rings. The van der Waals surface area contributed by atoms with Gasteiger partial charge in [0.1, 0.15) is 6.29 Å². The van der Waals surface area contributed by atoms with E-state index in [9.17, 15) is 4.79 Å². The molecule has 0 rings (SSSR count). The average Bonchev–Trinajstić information content (AvgIpc) is 1.98. The highest BCUT2D eigenvalue weighted by Crippen LogP contribution is 2.05. The molecule has 0 N–H and O–H groups in total. The molecule has 0 aromatic carbocycles. The van der Waals surface area contributed by atoms with Gasteiger partial charge < -0.3 is 4.79 Å². The Bertz CT molecular complexity index is 166. The highest BCUT2D eigenvalue weighted by Gasteiger charge is 1.98. The van der Waals surface area contributed by atoms with Crippen LogP contribution in [-0.4, -0.2) is 6.29 Å². The van der Waals surface area contributed by atoms with E-state index in [4.69, 9.17) is 0 Å². The Kier molecular flexibility index (Phi) is 4.21. The summed E-state index contributed by atoms with van der Waals surface area (Å²) in [6.45, 7) is 9.01. The summed E-state index contributed by atoms with van der Waals surface area (Å²) in [7, 11) is 0. The lowest BCUT2D eigenvalue weighted by Gasteiger charge is -1.99. The fourth-order valence-electron chi connectivity index (χ4n) is 0.431. The molecule has 0 bridgehead atoms. The van der Waals surface area contributed by atoms with E-state index in [0.717, 1.165) is 11.9 Å². The number of hydrogen-bond donors (Lipinski definition) is 0. The number of aldehydes is 1. The van der Waals surface area contributed by atoms with Crippen molar-refractivity contribution in [3.05, 3.63) is 37.0 Å². The quantitative estimate of drug-likeness (QED) is 0.427. The summed E-state index contributed by atoms with van der Waals surface area (Å²) < 4.78 is 0. The van der Waals surface area contributed by atoms with Crippen LogP contribution in [0.15, 0.2) is 37.0 Å². The van der Waals surface area contributed by atoms with Crippen LogP contribution in [0.1, 0.15) is 6.92 Å². The molecule has 1 atom stereocenters. The largest absolute Gasteiger partial charge is 0.303 e. The van der Waals surface area contributed by atoms with Crippen molar-refractivity contribution in [3.63, 3.8) is 0 Å². The predicted molar refractivity (Wildman–Crippen MR) is 43.7 cm³/mol. The van der Waals surface area contributed by atoms with E-state index >= 15 is 0 Å². The molecule has 0 aromatic heterocycles. The van der Waals surface area contributed by atoms with Gasteiger partial charge in [-0.25, -0.2) is 0 Å². The second kappa shape index (κ2) is 4.74. The van der Waals surface area contributed by atoms with Crippen LogP contribution in [0.2, 0.25) is 0 Å². The Morgan fingerprint density at radius 2 is 2.20 bits per heavy atom. The molecule has 0 aliphatic heterocycles. The van der Waals surface area contributed by atoms with Crippen LogP contribution in [0.3, 0.4) is 0 Å². The van der Waals surface area contributed by atoms with Crippen molar-refractivity contribution < 1.29 is 4.79 Å². The van der Waals surface area contributed by atoms with Gasteiger partial charge in [-0.05, 0) is 5.57 Å². The second-order valence-corrected chi connectivity index (χ2v) is 2.09. The van der Waals surface area contributed by atoms with Crippen molar-refractivity contribution >= 4 is 6.29 Å². The van der Waals surface area contributed by atoms with Crippen LogP contribution < -0.4 is 0 Å². The zero-order chi connectivity index (χ0) is 7.98. The first kappa shape index (κ1) is 8.89. The lowest BCUT2D eigenvalue weighted by molar-refractivity contribution is -0.109. The molecule has 1 nitrogen and oxygen atoms in total. The van der Waals surface area contributed by atoms with E-state index in [1.54, 1.807) is 18.2 Å². The SMILES string of the molecule is C=C/C=C\C(=C)C(C)C=O. The predicted octanol–water partition coefficient (Wildman–Crippen LogP) is 2.12. The first-order valence-corrected chi connectivity index (χ1v) is 3.15.